The number of aliphatic hydroxyl groups excluding tert-OH is 3. The van der Waals surface area contributed by atoms with Crippen LogP contribution in [0.4, 0.5) is 0 Å². The summed E-state index contributed by atoms with van der Waals surface area (Å²) in [5.74, 6) is 5.53. The van der Waals surface area contributed by atoms with Crippen molar-refractivity contribution in [2.45, 2.75) is 152 Å². The molecular formula is C67H87N7O9S2. The van der Waals surface area contributed by atoms with E-state index in [0.717, 1.165) is 45.6 Å². The number of guanidine groups is 1. The molecule has 15 N–H and O–H groups in total. The van der Waals surface area contributed by atoms with Crippen molar-refractivity contribution in [3.63, 3.8) is 0 Å². The lowest BCUT2D eigenvalue weighted by Gasteiger charge is -2.56. The molecule has 0 radical (unpaired) electrons. The van der Waals surface area contributed by atoms with E-state index in [0.29, 0.717) is 85.1 Å². The molecule has 1 amide bonds. The standard InChI is InChI=1S/C67H87N7O9S2/c1-5-73-67(82)30-24-42-11-8-16-50(39-85-84-31-27-42)83-38-47(15-6-10-40(67)2)52-26-29-66(61(52)79)56-23-22-49(76)33-43-12-7-13-44(32-43)34-54(55(36-72-64(69)70)45-18-20-48(75)21-19-45)58(78)37-71-60-59-46(14-9-17-53(59)62(68)74-63(60)80)35-57(77)41(3)51(56)25-28-65(66,4)81/h6-7,9-10,12-15,17-21,24,32,49-50,52,54-56,58,60-62,71,73,75-76,78-79,81-82H,2,5,11,22-23,25-31,33-39,68H2,1,3-4H3,(H,74,80)(H4,69,70,72)/b10-6+,42-24+,47-15-,51-41+/t49-,50-,52-,54-,55-,56-,58+,60+,61-,62-,65-,66-,67+/m1/s1. The first kappa shape index (κ1) is 64.0. The van der Waals surface area contributed by atoms with E-state index in [9.17, 15) is 35.4 Å². The average molecular weight is 1200 g/mol. The topological polar surface area (TPSA) is 291 Å². The first-order chi connectivity index (χ1) is 40.7. The summed E-state index contributed by atoms with van der Waals surface area (Å²) < 4.78 is 6.71. The van der Waals surface area contributed by atoms with Gasteiger partial charge in [0.25, 0.3) is 0 Å². The molecule has 2 fully saturated rings. The molecule has 0 aromatic heterocycles. The summed E-state index contributed by atoms with van der Waals surface area (Å²) in [6, 6.07) is 19.1. The van der Waals surface area contributed by atoms with Gasteiger partial charge in [-0.2, -0.15) is 0 Å². The summed E-state index contributed by atoms with van der Waals surface area (Å²) in [4.78, 5) is 34.0. The van der Waals surface area contributed by atoms with Crippen molar-refractivity contribution in [3.05, 3.63) is 159 Å². The zero-order chi connectivity index (χ0) is 60.6. The molecule has 1 spiro atoms. The molecule has 456 valence electrons. The molecule has 18 heteroatoms. The molecule has 6 aliphatic rings. The fraction of sp³-hybridized carbons (Fsp3) is 0.507. The van der Waals surface area contributed by atoms with Crippen LogP contribution in [-0.4, -0.2) is 122 Å². The van der Waals surface area contributed by atoms with E-state index in [2.05, 4.69) is 45.4 Å². The second kappa shape index (κ2) is 28.1. The molecular weight excluding hydrogens is 1110 g/mol. The third-order valence-corrected chi connectivity index (χ3v) is 21.4. The number of carbonyl (C=O) groups is 2. The Hall–Kier alpha value is -5.53. The summed E-state index contributed by atoms with van der Waals surface area (Å²) in [6.45, 7) is 10.6. The highest BCUT2D eigenvalue weighted by Gasteiger charge is 2.64. The van der Waals surface area contributed by atoms with Crippen LogP contribution < -0.4 is 33.2 Å². The number of carbonyl (C=O) groups excluding carboxylic acids is 2. The summed E-state index contributed by atoms with van der Waals surface area (Å²) >= 11 is 0. The first-order valence-electron chi connectivity index (χ1n) is 30.1. The second-order valence-corrected chi connectivity index (χ2v) is 27.0. The number of aliphatic imine (C=N–C) groups is 1. The predicted octanol–water partition coefficient (Wildman–Crippen LogP) is 6.66. The number of aromatic hydroxyl groups is 1. The zero-order valence-corrected chi connectivity index (χ0v) is 50.9. The van der Waals surface area contributed by atoms with E-state index in [1.54, 1.807) is 51.9 Å². The molecule has 0 saturated heterocycles. The molecule has 0 unspecified atom stereocenters. The third-order valence-electron chi connectivity index (χ3n) is 19.0. The molecule has 16 nitrogen and oxygen atoms in total. The predicted molar refractivity (Wildman–Crippen MR) is 338 cm³/mol. The van der Waals surface area contributed by atoms with E-state index in [-0.39, 0.29) is 62.9 Å². The molecule has 9 rings (SSSR count). The molecule has 13 atom stereocenters. The van der Waals surface area contributed by atoms with Crippen LogP contribution in [0.2, 0.25) is 0 Å². The molecule has 2 aliphatic carbocycles. The minimum atomic E-state index is -1.42. The van der Waals surface area contributed by atoms with Gasteiger partial charge in [0.15, 0.2) is 11.7 Å². The Morgan fingerprint density at radius 2 is 1.75 bits per heavy atom. The third kappa shape index (κ3) is 14.6. The summed E-state index contributed by atoms with van der Waals surface area (Å²) in [5, 5.41) is 83.1. The van der Waals surface area contributed by atoms with E-state index in [4.69, 9.17) is 21.9 Å². The highest BCUT2D eigenvalue weighted by Crippen LogP contribution is 2.63. The quantitative estimate of drug-likeness (QED) is 0.0294. The van der Waals surface area contributed by atoms with Crippen LogP contribution >= 0.6 is 21.6 Å². The van der Waals surface area contributed by atoms with Gasteiger partial charge in [-0.05, 0) is 152 Å². The number of nitrogens with one attached hydrogen (secondary N) is 3. The fourth-order valence-corrected chi connectivity index (χ4v) is 16.5. The maximum absolute atomic E-state index is 15.3. The Labute approximate surface area is 508 Å². The normalized spacial score (nSPS) is 34.7. The number of benzene rings is 3. The lowest BCUT2D eigenvalue weighted by atomic mass is 9.52. The number of fused-ring (bicyclic) bond motifs is 7. The summed E-state index contributed by atoms with van der Waals surface area (Å²) in [5.41, 5.74) is 22.5. The minimum Gasteiger partial charge on any atom is -0.508 e. The van der Waals surface area contributed by atoms with Crippen LogP contribution in [0.3, 0.4) is 0 Å². The SMILES string of the molecule is C=C1/C=C/C=C(\[C@H]2CC[C@@]3([C@@H]4CC[C@@H](O)Cc5cccc(c5)C[C@H]([C@H](CN=C(N)N)c5ccc(O)cc5)[C@@H](O)CN[C@@H]5C(=O)N[C@@H](N)c6cccc(c65)CC(=O)/C(C)=C/4CC[C@@]3(C)O)[C@@H]2O)CO[C@@H]2C#CC/C(=C\C[C@@]1(O)NCC)CCSSC2. The smallest absolute Gasteiger partial charge is 0.243 e. The van der Waals surface area contributed by atoms with Crippen LogP contribution in [0, 0.1) is 35.0 Å². The number of phenols is 1. The number of amides is 1. The van der Waals surface area contributed by atoms with Gasteiger partial charge in [0.1, 0.15) is 29.8 Å². The number of aliphatic hydroxyl groups is 5. The van der Waals surface area contributed by atoms with Crippen LogP contribution in [0.25, 0.3) is 0 Å². The van der Waals surface area contributed by atoms with Crippen molar-refractivity contribution in [2.24, 2.45) is 45.4 Å². The zero-order valence-electron chi connectivity index (χ0n) is 49.3. The Kier molecular flexibility index (Phi) is 21.1. The van der Waals surface area contributed by atoms with Gasteiger partial charge in [-0.25, -0.2) is 0 Å². The number of ether oxygens (including phenoxy) is 1. The average Bonchev–Trinajstić information content (AvgIpc) is 1.86. The van der Waals surface area contributed by atoms with Gasteiger partial charge in [0, 0.05) is 61.1 Å². The molecule has 4 bridgehead atoms. The molecule has 3 aromatic carbocycles. The minimum absolute atomic E-state index is 0.0651. The Morgan fingerprint density at radius 1 is 0.988 bits per heavy atom. The van der Waals surface area contributed by atoms with Crippen LogP contribution in [-0.2, 0) is 33.6 Å². The van der Waals surface area contributed by atoms with Gasteiger partial charge < -0.3 is 57.9 Å². The van der Waals surface area contributed by atoms with E-state index in [1.165, 1.54) is 0 Å². The van der Waals surface area contributed by atoms with E-state index in [1.807, 2.05) is 75.4 Å². The second-order valence-electron chi connectivity index (χ2n) is 24.3. The Balaban J connectivity index is 1.12. The van der Waals surface area contributed by atoms with Gasteiger partial charge in [0.2, 0.25) is 5.91 Å². The molecule has 2 saturated carbocycles. The number of nitrogens with zero attached hydrogens (tertiary/aromatic N) is 1. The highest BCUT2D eigenvalue weighted by atomic mass is 33.1. The number of β-amino-alcohol motifs (C(OH)–C–C–N with tert-alkyl or cyclic N) is 1. The van der Waals surface area contributed by atoms with Gasteiger partial charge in [-0.3, -0.25) is 25.2 Å². The van der Waals surface area contributed by atoms with Crippen LogP contribution in [0.15, 0.2) is 130 Å². The number of hydrogen-bond donors (Lipinski definition) is 12. The van der Waals surface area contributed by atoms with Crippen molar-refractivity contribution < 1.29 is 45.0 Å². The lowest BCUT2D eigenvalue weighted by Crippen LogP contribution is -2.59. The van der Waals surface area contributed by atoms with Crippen LogP contribution in [0.1, 0.15) is 130 Å². The number of hydrogen-bond acceptors (Lipinski definition) is 15. The van der Waals surface area contributed by atoms with Gasteiger partial charge in [-0.1, -0.05) is 137 Å². The van der Waals surface area contributed by atoms with Crippen molar-refractivity contribution in [1.82, 2.24) is 16.0 Å². The summed E-state index contributed by atoms with van der Waals surface area (Å²) in [6.07, 6.45) is 7.71. The Bertz CT molecular complexity index is 3150. The highest BCUT2D eigenvalue weighted by molar-refractivity contribution is 8.76. The van der Waals surface area contributed by atoms with E-state index < -0.39 is 82.9 Å². The number of likely N-dealkylation sites (N-methyl/N-ethyl adjacent to an activating group) is 1. The lowest BCUT2D eigenvalue weighted by molar-refractivity contribution is -0.168. The number of allylic oxidation sites excluding steroid dienone is 5. The van der Waals surface area contributed by atoms with Crippen molar-refractivity contribution in [1.29, 1.82) is 0 Å². The summed E-state index contributed by atoms with van der Waals surface area (Å²) in [7, 11) is 3.49. The fourth-order valence-electron chi connectivity index (χ4n) is 14.4. The maximum Gasteiger partial charge on any atom is 0.243 e. The number of ketones is 1. The number of rotatable bonds is 7. The first-order valence-corrected chi connectivity index (χ1v) is 32.6. The maximum atomic E-state index is 15.3. The van der Waals surface area contributed by atoms with Crippen LogP contribution in [0.5, 0.6) is 5.75 Å². The molecule has 3 aromatic rings. The van der Waals surface area contributed by atoms with Crippen molar-refractivity contribution >= 4 is 39.2 Å². The Morgan fingerprint density at radius 3 is 2.52 bits per heavy atom. The monoisotopic (exact) mass is 1200 g/mol. The molecule has 4 heterocycles. The largest absolute Gasteiger partial charge is 0.508 e. The number of nitrogens with two attached hydrogens (primary N) is 3. The number of Topliss-reactive ketones (excluding diaryl/α,β-unsaturated/α-hetero) is 1. The molecule has 85 heavy (non-hydrogen) atoms. The van der Waals surface area contributed by atoms with Gasteiger partial charge in [-0.15, -0.1) is 0 Å². The van der Waals surface area contributed by atoms with Crippen molar-refractivity contribution in [3.8, 4) is 17.6 Å². The van der Waals surface area contributed by atoms with Crippen molar-refractivity contribution in [2.75, 3.05) is 37.7 Å². The van der Waals surface area contributed by atoms with E-state index >= 15 is 4.79 Å². The van der Waals surface area contributed by atoms with Gasteiger partial charge in [0.05, 0.1) is 30.5 Å². The van der Waals surface area contributed by atoms with Gasteiger partial charge >= 0.3 is 0 Å². The molecule has 4 aliphatic heterocycles. The number of phenolic OH excluding ortho intramolecular Hbond substituents is 1.